The molecule has 0 saturated carbocycles. The van der Waals surface area contributed by atoms with Gasteiger partial charge in [0.15, 0.2) is 0 Å². The second-order valence-corrected chi connectivity index (χ2v) is 6.58. The topological polar surface area (TPSA) is 58.0 Å². The molecule has 0 saturated heterocycles. The Morgan fingerprint density at radius 1 is 0.960 bits per heavy atom. The second kappa shape index (κ2) is 7.01. The number of hydrogen-bond donors (Lipinski definition) is 2. The van der Waals surface area contributed by atoms with Crippen molar-refractivity contribution in [3.63, 3.8) is 0 Å². The number of anilines is 1. The van der Waals surface area contributed by atoms with E-state index in [9.17, 15) is 5.11 Å². The maximum atomic E-state index is 10.4. The Morgan fingerprint density at radius 3 is 2.44 bits per heavy atom. The van der Waals surface area contributed by atoms with E-state index >= 15 is 0 Å². The lowest BCUT2D eigenvalue weighted by molar-refractivity contribution is 0.191. The zero-order chi connectivity index (χ0) is 17.1. The molecule has 2 aromatic carbocycles. The number of aromatic nitrogens is 2. The summed E-state index contributed by atoms with van der Waals surface area (Å²) in [6.45, 7) is 0.389. The van der Waals surface area contributed by atoms with Crippen molar-refractivity contribution in [2.75, 3.05) is 11.9 Å². The Bertz CT molecular complexity index is 970. The van der Waals surface area contributed by atoms with E-state index in [1.165, 1.54) is 0 Å². The molecule has 4 aromatic rings. The van der Waals surface area contributed by atoms with Gasteiger partial charge in [0, 0.05) is 17.5 Å². The molecule has 0 spiro atoms. The molecule has 2 N–H and O–H groups in total. The summed E-state index contributed by atoms with van der Waals surface area (Å²) in [6, 6.07) is 19.8. The van der Waals surface area contributed by atoms with Gasteiger partial charge in [0.25, 0.3) is 0 Å². The van der Waals surface area contributed by atoms with Crippen LogP contribution in [0.1, 0.15) is 11.7 Å². The highest BCUT2D eigenvalue weighted by Gasteiger charge is 2.14. The molecule has 0 bridgehead atoms. The molecule has 0 radical (unpaired) electrons. The summed E-state index contributed by atoms with van der Waals surface area (Å²) in [5.41, 5.74) is 3.13. The second-order valence-electron chi connectivity index (χ2n) is 5.73. The van der Waals surface area contributed by atoms with Crippen LogP contribution < -0.4 is 5.32 Å². The minimum absolute atomic E-state index is 0.389. The lowest BCUT2D eigenvalue weighted by atomic mass is 10.1. The van der Waals surface area contributed by atoms with Gasteiger partial charge in [-0.25, -0.2) is 9.97 Å². The molecule has 0 aliphatic rings. The van der Waals surface area contributed by atoms with E-state index in [4.69, 9.17) is 0 Å². The van der Waals surface area contributed by atoms with Gasteiger partial charge in [0.1, 0.15) is 17.0 Å². The van der Waals surface area contributed by atoms with Crippen molar-refractivity contribution in [1.82, 2.24) is 9.97 Å². The van der Waals surface area contributed by atoms with Gasteiger partial charge in [0.05, 0.1) is 11.5 Å². The third kappa shape index (κ3) is 3.24. The van der Waals surface area contributed by atoms with E-state index in [2.05, 4.69) is 32.8 Å². The van der Waals surface area contributed by atoms with Gasteiger partial charge in [-0.3, -0.25) is 0 Å². The summed E-state index contributed by atoms with van der Waals surface area (Å²) in [6.07, 6.45) is 0.968. The van der Waals surface area contributed by atoms with Crippen LogP contribution in [-0.4, -0.2) is 21.6 Å². The van der Waals surface area contributed by atoms with E-state index < -0.39 is 6.10 Å². The van der Waals surface area contributed by atoms with E-state index in [1.54, 1.807) is 17.7 Å². The largest absolute Gasteiger partial charge is 0.387 e. The highest BCUT2D eigenvalue weighted by Crippen LogP contribution is 2.36. The molecule has 1 unspecified atom stereocenters. The Balaban J connectivity index is 1.65. The Labute approximate surface area is 149 Å². The molecule has 5 heteroatoms. The first-order chi connectivity index (χ1) is 12.3. The fraction of sp³-hybridized carbons (Fsp3) is 0.100. The number of rotatable bonds is 5. The Kier molecular flexibility index (Phi) is 4.41. The van der Waals surface area contributed by atoms with Crippen LogP contribution in [0.4, 0.5) is 5.82 Å². The number of benzene rings is 2. The van der Waals surface area contributed by atoms with Crippen LogP contribution in [0.3, 0.4) is 0 Å². The number of thiophene rings is 1. The van der Waals surface area contributed by atoms with Gasteiger partial charge in [-0.2, -0.15) is 0 Å². The summed E-state index contributed by atoms with van der Waals surface area (Å²) in [5, 5.41) is 16.8. The lowest BCUT2D eigenvalue weighted by Gasteiger charge is -2.13. The summed E-state index contributed by atoms with van der Waals surface area (Å²) in [4.78, 5) is 9.72. The van der Waals surface area contributed by atoms with Gasteiger partial charge < -0.3 is 10.4 Å². The minimum atomic E-state index is -0.593. The molecule has 25 heavy (non-hydrogen) atoms. The van der Waals surface area contributed by atoms with Crippen LogP contribution in [0.15, 0.2) is 72.4 Å². The predicted molar refractivity (Wildman–Crippen MR) is 103 cm³/mol. The highest BCUT2D eigenvalue weighted by atomic mass is 32.1. The third-order valence-corrected chi connectivity index (χ3v) is 4.99. The first-order valence-electron chi connectivity index (χ1n) is 8.07. The van der Waals surface area contributed by atoms with E-state index in [1.807, 2.05) is 48.5 Å². The zero-order valence-electron chi connectivity index (χ0n) is 13.5. The molecule has 2 aromatic heterocycles. The van der Waals surface area contributed by atoms with Crippen LogP contribution in [0.25, 0.3) is 21.3 Å². The van der Waals surface area contributed by atoms with Gasteiger partial charge in [-0.05, 0) is 11.1 Å². The van der Waals surface area contributed by atoms with Crippen LogP contribution in [0.5, 0.6) is 0 Å². The molecule has 0 aliphatic carbocycles. The molecular weight excluding hydrogens is 330 g/mol. The average Bonchev–Trinajstić information content (AvgIpc) is 3.12. The van der Waals surface area contributed by atoms with Crippen LogP contribution in [-0.2, 0) is 0 Å². The predicted octanol–water partition coefficient (Wildman–Crippen LogP) is 4.50. The summed E-state index contributed by atoms with van der Waals surface area (Å²) >= 11 is 1.60. The van der Waals surface area contributed by atoms with Crippen LogP contribution in [0.2, 0.25) is 0 Å². The first-order valence-corrected chi connectivity index (χ1v) is 8.95. The standard InChI is InChI=1S/C20H17N3OS/c24-17(15-9-5-2-6-10-15)11-21-19-18-16(14-7-3-1-4-8-14)12-25-20(18)23-13-22-19/h1-10,12-13,17,24H,11H2,(H,21,22,23). The van der Waals surface area contributed by atoms with Gasteiger partial charge in [-0.15, -0.1) is 11.3 Å². The number of aliphatic hydroxyl groups excluding tert-OH is 1. The smallest absolute Gasteiger partial charge is 0.138 e. The molecule has 0 aliphatic heterocycles. The molecule has 124 valence electrons. The fourth-order valence-corrected chi connectivity index (χ4v) is 3.74. The van der Waals surface area contributed by atoms with Gasteiger partial charge in [0.2, 0.25) is 0 Å². The van der Waals surface area contributed by atoms with Crippen molar-refractivity contribution in [1.29, 1.82) is 0 Å². The van der Waals surface area contributed by atoms with Crippen molar-refractivity contribution in [2.45, 2.75) is 6.10 Å². The molecule has 0 fully saturated rings. The number of aliphatic hydroxyl groups is 1. The number of hydrogen-bond acceptors (Lipinski definition) is 5. The minimum Gasteiger partial charge on any atom is -0.387 e. The normalized spacial score (nSPS) is 12.2. The third-order valence-electron chi connectivity index (χ3n) is 4.10. The van der Waals surface area contributed by atoms with E-state index in [0.717, 1.165) is 32.7 Å². The van der Waals surface area contributed by atoms with Crippen molar-refractivity contribution in [2.24, 2.45) is 0 Å². The number of nitrogens with one attached hydrogen (secondary N) is 1. The van der Waals surface area contributed by atoms with Crippen LogP contribution >= 0.6 is 11.3 Å². The Morgan fingerprint density at radius 2 is 1.68 bits per heavy atom. The quantitative estimate of drug-likeness (QED) is 0.558. The molecule has 0 amide bonds. The molecule has 4 nitrogen and oxygen atoms in total. The molecule has 2 heterocycles. The van der Waals surface area contributed by atoms with E-state index in [0.29, 0.717) is 6.54 Å². The van der Waals surface area contributed by atoms with Gasteiger partial charge >= 0.3 is 0 Å². The van der Waals surface area contributed by atoms with Crippen molar-refractivity contribution in [3.05, 3.63) is 77.9 Å². The molecular formula is C20H17N3OS. The Hall–Kier alpha value is -2.76. The SMILES string of the molecule is OC(CNc1ncnc2scc(-c3ccccc3)c12)c1ccccc1. The average molecular weight is 347 g/mol. The monoisotopic (exact) mass is 347 g/mol. The number of nitrogens with zero attached hydrogens (tertiary/aromatic N) is 2. The summed E-state index contributed by atoms with van der Waals surface area (Å²) < 4.78 is 0. The summed E-state index contributed by atoms with van der Waals surface area (Å²) in [7, 11) is 0. The number of fused-ring (bicyclic) bond motifs is 1. The fourth-order valence-electron chi connectivity index (χ4n) is 2.83. The maximum Gasteiger partial charge on any atom is 0.138 e. The van der Waals surface area contributed by atoms with Crippen molar-refractivity contribution < 1.29 is 5.11 Å². The van der Waals surface area contributed by atoms with Crippen molar-refractivity contribution in [3.8, 4) is 11.1 Å². The zero-order valence-corrected chi connectivity index (χ0v) is 14.3. The van der Waals surface area contributed by atoms with E-state index in [-0.39, 0.29) is 0 Å². The molecule has 4 rings (SSSR count). The lowest BCUT2D eigenvalue weighted by Crippen LogP contribution is -2.13. The first kappa shape index (κ1) is 15.7. The maximum absolute atomic E-state index is 10.4. The van der Waals surface area contributed by atoms with Crippen molar-refractivity contribution >= 4 is 27.4 Å². The highest BCUT2D eigenvalue weighted by molar-refractivity contribution is 7.17. The summed E-state index contributed by atoms with van der Waals surface area (Å²) in [5.74, 6) is 0.750. The van der Waals surface area contributed by atoms with Gasteiger partial charge in [-0.1, -0.05) is 60.7 Å². The molecule has 1 atom stereocenters. The van der Waals surface area contributed by atoms with Crippen LogP contribution in [0, 0.1) is 0 Å².